The highest BCUT2D eigenvalue weighted by Gasteiger charge is 2.16. The van der Waals surface area contributed by atoms with Crippen molar-refractivity contribution in [3.63, 3.8) is 0 Å². The zero-order chi connectivity index (χ0) is 17.3. The summed E-state index contributed by atoms with van der Waals surface area (Å²) in [5.41, 5.74) is 2.92. The van der Waals surface area contributed by atoms with E-state index >= 15 is 0 Å². The number of rotatable bonds is 4. The Bertz CT molecular complexity index is 925. The van der Waals surface area contributed by atoms with E-state index in [-0.39, 0.29) is 11.4 Å². The van der Waals surface area contributed by atoms with Crippen molar-refractivity contribution >= 4 is 0 Å². The summed E-state index contributed by atoms with van der Waals surface area (Å²) < 4.78 is 6.97. The van der Waals surface area contributed by atoms with Crippen LogP contribution in [0.25, 0.3) is 23.0 Å². The maximum Gasteiger partial charge on any atom is 0.263 e. The highest BCUT2D eigenvalue weighted by molar-refractivity contribution is 5.56. The van der Waals surface area contributed by atoms with Gasteiger partial charge in [-0.15, -0.1) is 0 Å². The third-order valence-corrected chi connectivity index (χ3v) is 3.82. The number of aromatic nitrogens is 4. The van der Waals surface area contributed by atoms with Crippen LogP contribution in [-0.2, 0) is 6.54 Å². The first-order valence-corrected chi connectivity index (χ1v) is 7.94. The van der Waals surface area contributed by atoms with Gasteiger partial charge in [-0.2, -0.15) is 4.98 Å². The summed E-state index contributed by atoms with van der Waals surface area (Å²) in [6, 6.07) is 7.33. The Kier molecular flexibility index (Phi) is 4.29. The summed E-state index contributed by atoms with van der Waals surface area (Å²) in [5.74, 6) is 0.968. The fourth-order valence-electron chi connectivity index (χ4n) is 2.43. The molecule has 0 atom stereocenters. The van der Waals surface area contributed by atoms with Gasteiger partial charge in [-0.05, 0) is 43.5 Å². The van der Waals surface area contributed by atoms with E-state index in [4.69, 9.17) is 4.52 Å². The van der Waals surface area contributed by atoms with Gasteiger partial charge in [0, 0.05) is 18.4 Å². The van der Waals surface area contributed by atoms with Crippen LogP contribution in [0, 0.1) is 19.8 Å². The standard InChI is InChI=1S/C18H20N4O2/c1-11(2)10-22-9-5-6-14(18(22)23)17-20-16(21-24-17)15-8-7-12(3)13(4)19-15/h5-9,11H,10H2,1-4H3. The summed E-state index contributed by atoms with van der Waals surface area (Å²) in [6.07, 6.45) is 1.77. The van der Waals surface area contributed by atoms with Crippen LogP contribution in [-0.4, -0.2) is 19.7 Å². The van der Waals surface area contributed by atoms with Crippen LogP contribution in [0.3, 0.4) is 0 Å². The van der Waals surface area contributed by atoms with Crippen molar-refractivity contribution in [2.75, 3.05) is 0 Å². The zero-order valence-electron chi connectivity index (χ0n) is 14.3. The van der Waals surface area contributed by atoms with Crippen LogP contribution >= 0.6 is 0 Å². The van der Waals surface area contributed by atoms with Gasteiger partial charge >= 0.3 is 0 Å². The summed E-state index contributed by atoms with van der Waals surface area (Å²) in [4.78, 5) is 21.4. The van der Waals surface area contributed by atoms with Crippen molar-refractivity contribution < 1.29 is 4.52 Å². The lowest BCUT2D eigenvalue weighted by atomic mass is 10.2. The van der Waals surface area contributed by atoms with E-state index in [2.05, 4.69) is 29.0 Å². The van der Waals surface area contributed by atoms with Gasteiger partial charge in [0.05, 0.1) is 0 Å². The zero-order valence-corrected chi connectivity index (χ0v) is 14.3. The Hall–Kier alpha value is -2.76. The number of nitrogens with zero attached hydrogens (tertiary/aromatic N) is 4. The number of pyridine rings is 2. The molecule has 24 heavy (non-hydrogen) atoms. The maximum absolute atomic E-state index is 12.6. The average Bonchev–Trinajstić information content (AvgIpc) is 3.01. The molecule has 0 aliphatic rings. The fraction of sp³-hybridized carbons (Fsp3) is 0.333. The minimum atomic E-state index is -0.130. The van der Waals surface area contributed by atoms with Crippen LogP contribution in [0.5, 0.6) is 0 Å². The molecule has 3 aromatic heterocycles. The SMILES string of the molecule is Cc1ccc(-c2noc(-c3cccn(CC(C)C)c3=O)n2)nc1C. The normalized spacial score (nSPS) is 11.2. The molecule has 0 aromatic carbocycles. The molecule has 0 fully saturated rings. The molecule has 0 aliphatic heterocycles. The van der Waals surface area contributed by atoms with Gasteiger partial charge in [0.25, 0.3) is 11.4 Å². The van der Waals surface area contributed by atoms with E-state index in [0.717, 1.165) is 11.3 Å². The first kappa shape index (κ1) is 16.1. The highest BCUT2D eigenvalue weighted by atomic mass is 16.5. The van der Waals surface area contributed by atoms with E-state index in [1.165, 1.54) is 0 Å². The Morgan fingerprint density at radius 1 is 1.17 bits per heavy atom. The van der Waals surface area contributed by atoms with Gasteiger partial charge in [-0.1, -0.05) is 25.1 Å². The lowest BCUT2D eigenvalue weighted by molar-refractivity contribution is 0.430. The van der Waals surface area contributed by atoms with Crippen molar-refractivity contribution in [1.29, 1.82) is 0 Å². The number of aryl methyl sites for hydroxylation is 2. The highest BCUT2D eigenvalue weighted by Crippen LogP contribution is 2.20. The second-order valence-electron chi connectivity index (χ2n) is 6.30. The van der Waals surface area contributed by atoms with E-state index in [1.807, 2.05) is 32.0 Å². The molecule has 3 aromatic rings. The molecule has 0 aliphatic carbocycles. The van der Waals surface area contributed by atoms with Crippen molar-refractivity contribution in [2.45, 2.75) is 34.2 Å². The van der Waals surface area contributed by atoms with Crippen LogP contribution in [0.2, 0.25) is 0 Å². The minimum absolute atomic E-state index is 0.130. The number of hydrogen-bond acceptors (Lipinski definition) is 5. The summed E-state index contributed by atoms with van der Waals surface area (Å²) in [5, 5.41) is 3.97. The molecule has 6 heteroatoms. The van der Waals surface area contributed by atoms with Crippen LogP contribution < -0.4 is 5.56 Å². The molecular weight excluding hydrogens is 304 g/mol. The Labute approximate surface area is 140 Å². The molecule has 0 saturated carbocycles. The van der Waals surface area contributed by atoms with Crippen molar-refractivity contribution in [2.24, 2.45) is 5.92 Å². The van der Waals surface area contributed by atoms with E-state index in [0.29, 0.717) is 29.5 Å². The second kappa shape index (κ2) is 6.39. The van der Waals surface area contributed by atoms with Crippen molar-refractivity contribution in [1.82, 2.24) is 19.7 Å². The van der Waals surface area contributed by atoms with Gasteiger partial charge in [-0.25, -0.2) is 4.98 Å². The van der Waals surface area contributed by atoms with E-state index in [9.17, 15) is 4.79 Å². The third-order valence-electron chi connectivity index (χ3n) is 3.82. The predicted octanol–water partition coefficient (Wildman–Crippen LogP) is 3.23. The minimum Gasteiger partial charge on any atom is -0.333 e. The fourth-order valence-corrected chi connectivity index (χ4v) is 2.43. The first-order valence-electron chi connectivity index (χ1n) is 7.94. The Balaban J connectivity index is 1.99. The molecule has 3 rings (SSSR count). The molecule has 0 bridgehead atoms. The molecule has 3 heterocycles. The molecule has 0 saturated heterocycles. The predicted molar refractivity (Wildman–Crippen MR) is 91.5 cm³/mol. The van der Waals surface area contributed by atoms with Gasteiger partial charge in [0.2, 0.25) is 5.82 Å². The first-order chi connectivity index (χ1) is 11.5. The lowest BCUT2D eigenvalue weighted by Crippen LogP contribution is -2.23. The third kappa shape index (κ3) is 3.13. The van der Waals surface area contributed by atoms with Gasteiger partial charge in [-0.3, -0.25) is 4.79 Å². The Morgan fingerprint density at radius 3 is 2.67 bits per heavy atom. The van der Waals surface area contributed by atoms with E-state index in [1.54, 1.807) is 16.8 Å². The average molecular weight is 324 g/mol. The molecule has 0 radical (unpaired) electrons. The van der Waals surface area contributed by atoms with Gasteiger partial charge < -0.3 is 9.09 Å². The molecule has 124 valence electrons. The molecular formula is C18H20N4O2. The van der Waals surface area contributed by atoms with Crippen LogP contribution in [0.4, 0.5) is 0 Å². The van der Waals surface area contributed by atoms with Crippen LogP contribution in [0.15, 0.2) is 39.8 Å². The molecule has 0 spiro atoms. The Morgan fingerprint density at radius 2 is 1.96 bits per heavy atom. The van der Waals surface area contributed by atoms with E-state index < -0.39 is 0 Å². The topological polar surface area (TPSA) is 73.8 Å². The number of hydrogen-bond donors (Lipinski definition) is 0. The molecule has 6 nitrogen and oxygen atoms in total. The van der Waals surface area contributed by atoms with Crippen molar-refractivity contribution in [3.8, 4) is 23.0 Å². The molecule has 0 unspecified atom stereocenters. The monoisotopic (exact) mass is 324 g/mol. The van der Waals surface area contributed by atoms with Crippen molar-refractivity contribution in [3.05, 3.63) is 52.1 Å². The summed E-state index contributed by atoms with van der Waals surface area (Å²) in [7, 11) is 0. The van der Waals surface area contributed by atoms with Crippen LogP contribution in [0.1, 0.15) is 25.1 Å². The lowest BCUT2D eigenvalue weighted by Gasteiger charge is -2.08. The quantitative estimate of drug-likeness (QED) is 0.736. The smallest absolute Gasteiger partial charge is 0.263 e. The summed E-state index contributed by atoms with van der Waals surface area (Å²) >= 11 is 0. The molecule has 0 N–H and O–H groups in total. The van der Waals surface area contributed by atoms with Gasteiger partial charge in [0.1, 0.15) is 11.3 Å². The summed E-state index contributed by atoms with van der Waals surface area (Å²) in [6.45, 7) is 8.70. The van der Waals surface area contributed by atoms with Gasteiger partial charge in [0.15, 0.2) is 0 Å². The second-order valence-corrected chi connectivity index (χ2v) is 6.30. The molecule has 0 amide bonds. The maximum atomic E-state index is 12.6. The largest absolute Gasteiger partial charge is 0.333 e.